The number of nitriles is 1. The lowest BCUT2D eigenvalue weighted by Crippen LogP contribution is -2.14. The van der Waals surface area contributed by atoms with Crippen LogP contribution in [0, 0.1) is 11.3 Å². The Morgan fingerprint density at radius 1 is 1.55 bits per heavy atom. The van der Waals surface area contributed by atoms with E-state index in [0.29, 0.717) is 0 Å². The van der Waals surface area contributed by atoms with Gasteiger partial charge in [0.2, 0.25) is 0 Å². The average molecular weight is 161 g/mol. The molecule has 54 valence electrons. The smallest absolute Gasteiger partial charge is 0.0755 e. The van der Waals surface area contributed by atoms with Crippen molar-refractivity contribution in [1.82, 2.24) is 0 Å². The van der Waals surface area contributed by atoms with Crippen LogP contribution in [0.4, 0.5) is 0 Å². The van der Waals surface area contributed by atoms with Crippen molar-refractivity contribution >= 4 is 12.6 Å². The van der Waals surface area contributed by atoms with E-state index in [4.69, 9.17) is 5.26 Å². The van der Waals surface area contributed by atoms with E-state index in [0.717, 1.165) is 11.3 Å². The van der Waals surface area contributed by atoms with Gasteiger partial charge in [-0.2, -0.15) is 5.26 Å². The van der Waals surface area contributed by atoms with Gasteiger partial charge in [-0.1, -0.05) is 6.07 Å². The fourth-order valence-corrected chi connectivity index (χ4v) is 1.65. The summed E-state index contributed by atoms with van der Waals surface area (Å²) >= 11 is 4.21. The molecule has 0 fully saturated rings. The maximum atomic E-state index is 8.63. The summed E-state index contributed by atoms with van der Waals surface area (Å²) in [6, 6.07) is 8.22. The summed E-state index contributed by atoms with van der Waals surface area (Å²) in [5.41, 5.74) is 2.47. The molecule has 11 heavy (non-hydrogen) atoms. The number of benzene rings is 1. The monoisotopic (exact) mass is 161 g/mol. The molecular formula is C9H7NS. The molecule has 0 saturated carbocycles. The molecule has 1 aromatic rings. The van der Waals surface area contributed by atoms with E-state index in [9.17, 15) is 0 Å². The molecule has 0 amide bonds. The van der Waals surface area contributed by atoms with Gasteiger partial charge < -0.3 is 0 Å². The van der Waals surface area contributed by atoms with E-state index in [1.54, 1.807) is 0 Å². The second-order valence-electron chi connectivity index (χ2n) is 2.77. The Kier molecular flexibility index (Phi) is 1.40. The Labute approximate surface area is 71.1 Å². The van der Waals surface area contributed by atoms with Gasteiger partial charge in [0.1, 0.15) is 0 Å². The highest BCUT2D eigenvalue weighted by molar-refractivity contribution is 7.80. The Bertz CT molecular complexity index is 338. The third kappa shape index (κ3) is 0.928. The predicted octanol–water partition coefficient (Wildman–Crippen LogP) is 2.14. The van der Waals surface area contributed by atoms with Crippen molar-refractivity contribution in [3.05, 3.63) is 29.3 Å². The molecule has 0 saturated heterocycles. The molecule has 1 aliphatic rings. The van der Waals surface area contributed by atoms with Crippen molar-refractivity contribution in [3.8, 4) is 6.07 Å². The van der Waals surface area contributed by atoms with Crippen molar-refractivity contribution in [2.24, 2.45) is 0 Å². The number of nitrogens with zero attached hydrogens (tertiary/aromatic N) is 1. The van der Waals surface area contributed by atoms with Crippen molar-refractivity contribution in [1.29, 1.82) is 5.26 Å². The van der Waals surface area contributed by atoms with Crippen LogP contribution in [0.3, 0.4) is 0 Å². The normalized spacial score (nSPS) is 19.8. The van der Waals surface area contributed by atoms with Gasteiger partial charge in [0.05, 0.1) is 12.0 Å². The summed E-state index contributed by atoms with van der Waals surface area (Å²) in [5, 5.41) is 8.63. The molecule has 1 aromatic carbocycles. The number of hydrogen-bond donors (Lipinski definition) is 1. The predicted molar refractivity (Wildman–Crippen MR) is 45.8 cm³/mol. The molecule has 0 spiro atoms. The molecule has 1 aliphatic carbocycles. The van der Waals surface area contributed by atoms with Gasteiger partial charge in [-0.05, 0) is 29.7 Å². The standard InChI is InChI=1S/C9H7NS/c10-5-7-3-6-4-8(11)1-2-9(6)7/h1-2,4,7,11H,3H2. The highest BCUT2D eigenvalue weighted by atomic mass is 32.1. The van der Waals surface area contributed by atoms with Crippen LogP contribution >= 0.6 is 12.6 Å². The zero-order chi connectivity index (χ0) is 7.84. The van der Waals surface area contributed by atoms with Gasteiger partial charge in [-0.25, -0.2) is 0 Å². The minimum absolute atomic E-state index is 0.138. The lowest BCUT2D eigenvalue weighted by molar-refractivity contribution is 0.740. The van der Waals surface area contributed by atoms with Gasteiger partial charge in [0.15, 0.2) is 0 Å². The Morgan fingerprint density at radius 3 is 3.00 bits per heavy atom. The van der Waals surface area contributed by atoms with Gasteiger partial charge in [0.25, 0.3) is 0 Å². The molecule has 1 nitrogen and oxygen atoms in total. The summed E-state index contributed by atoms with van der Waals surface area (Å²) in [5.74, 6) is 0.138. The first kappa shape index (κ1) is 6.75. The lowest BCUT2D eigenvalue weighted by atomic mass is 9.79. The van der Waals surface area contributed by atoms with Crippen molar-refractivity contribution in [3.63, 3.8) is 0 Å². The van der Waals surface area contributed by atoms with Gasteiger partial charge >= 0.3 is 0 Å². The molecule has 0 aromatic heterocycles. The maximum absolute atomic E-state index is 8.63. The molecule has 1 atom stereocenters. The highest BCUT2D eigenvalue weighted by Gasteiger charge is 2.25. The molecule has 0 radical (unpaired) electrons. The van der Waals surface area contributed by atoms with Crippen molar-refractivity contribution in [2.75, 3.05) is 0 Å². The summed E-state index contributed by atoms with van der Waals surface area (Å²) in [4.78, 5) is 0.986. The van der Waals surface area contributed by atoms with Crippen molar-refractivity contribution in [2.45, 2.75) is 17.2 Å². The first-order chi connectivity index (χ1) is 5.31. The number of thiol groups is 1. The molecule has 0 N–H and O–H groups in total. The number of rotatable bonds is 0. The molecule has 2 heteroatoms. The summed E-state index contributed by atoms with van der Waals surface area (Å²) in [7, 11) is 0. The van der Waals surface area contributed by atoms with Crippen molar-refractivity contribution < 1.29 is 0 Å². The lowest BCUT2D eigenvalue weighted by Gasteiger charge is -2.24. The van der Waals surface area contributed by atoms with Crippen LogP contribution in [-0.4, -0.2) is 0 Å². The minimum atomic E-state index is 0.138. The second-order valence-corrected chi connectivity index (χ2v) is 3.29. The quantitative estimate of drug-likeness (QED) is 0.579. The Hall–Kier alpha value is -0.940. The summed E-state index contributed by atoms with van der Waals surface area (Å²) < 4.78 is 0. The highest BCUT2D eigenvalue weighted by Crippen LogP contribution is 2.35. The largest absolute Gasteiger partial charge is 0.198 e. The average Bonchev–Trinajstić information content (AvgIpc) is 1.95. The topological polar surface area (TPSA) is 23.8 Å². The first-order valence-corrected chi connectivity index (χ1v) is 3.97. The molecule has 0 aliphatic heterocycles. The third-order valence-electron chi connectivity index (χ3n) is 2.08. The van der Waals surface area contributed by atoms with Crippen LogP contribution in [0.25, 0.3) is 0 Å². The van der Waals surface area contributed by atoms with Crippen LogP contribution in [-0.2, 0) is 6.42 Å². The van der Waals surface area contributed by atoms with E-state index in [-0.39, 0.29) is 5.92 Å². The van der Waals surface area contributed by atoms with Gasteiger partial charge in [-0.15, -0.1) is 12.6 Å². The molecular weight excluding hydrogens is 154 g/mol. The van der Waals surface area contributed by atoms with Gasteiger partial charge in [0, 0.05) is 4.90 Å². The van der Waals surface area contributed by atoms with E-state index in [1.807, 2.05) is 18.2 Å². The molecule has 0 heterocycles. The third-order valence-corrected chi connectivity index (χ3v) is 2.36. The van der Waals surface area contributed by atoms with Crippen LogP contribution in [0.5, 0.6) is 0 Å². The van der Waals surface area contributed by atoms with Crippen LogP contribution in [0.1, 0.15) is 17.0 Å². The fourth-order valence-electron chi connectivity index (χ4n) is 1.42. The SMILES string of the molecule is N#CC1Cc2cc(S)ccc21. The zero-order valence-corrected chi connectivity index (χ0v) is 6.81. The first-order valence-electron chi connectivity index (χ1n) is 3.52. The van der Waals surface area contributed by atoms with Gasteiger partial charge in [-0.3, -0.25) is 0 Å². The minimum Gasteiger partial charge on any atom is -0.198 e. The molecule has 1 unspecified atom stereocenters. The van der Waals surface area contributed by atoms with E-state index < -0.39 is 0 Å². The van der Waals surface area contributed by atoms with E-state index in [1.165, 1.54) is 11.1 Å². The number of hydrogen-bond acceptors (Lipinski definition) is 2. The molecule has 2 rings (SSSR count). The van der Waals surface area contributed by atoms with Crippen LogP contribution < -0.4 is 0 Å². The maximum Gasteiger partial charge on any atom is 0.0755 e. The van der Waals surface area contributed by atoms with E-state index >= 15 is 0 Å². The van der Waals surface area contributed by atoms with E-state index in [2.05, 4.69) is 18.7 Å². The summed E-state index contributed by atoms with van der Waals surface area (Å²) in [6.45, 7) is 0. The zero-order valence-electron chi connectivity index (χ0n) is 5.91. The summed E-state index contributed by atoms with van der Waals surface area (Å²) in [6.07, 6.45) is 0.903. The Morgan fingerprint density at radius 2 is 2.36 bits per heavy atom. The second kappa shape index (κ2) is 2.28. The Balaban J connectivity index is 2.44. The number of fused-ring (bicyclic) bond motifs is 1. The fraction of sp³-hybridized carbons (Fsp3) is 0.222. The molecule has 0 bridgehead atoms. The van der Waals surface area contributed by atoms with Crippen LogP contribution in [0.15, 0.2) is 23.1 Å². The van der Waals surface area contributed by atoms with Crippen LogP contribution in [0.2, 0.25) is 0 Å².